The number of benzene rings is 2. The van der Waals surface area contributed by atoms with Crippen LogP contribution in [0.3, 0.4) is 0 Å². The molecule has 0 heterocycles. The van der Waals surface area contributed by atoms with Crippen molar-refractivity contribution >= 4 is 11.9 Å². The molecule has 2 aromatic rings. The summed E-state index contributed by atoms with van der Waals surface area (Å²) in [7, 11) is 0. The highest BCUT2D eigenvalue weighted by Crippen LogP contribution is 2.49. The van der Waals surface area contributed by atoms with E-state index in [0.29, 0.717) is 18.6 Å². The van der Waals surface area contributed by atoms with E-state index in [0.717, 1.165) is 74.0 Å². The van der Waals surface area contributed by atoms with Gasteiger partial charge in [0.25, 0.3) is 0 Å². The Morgan fingerprint density at radius 1 is 0.470 bits per heavy atom. The fourth-order valence-electron chi connectivity index (χ4n) is 10.7. The Kier molecular flexibility index (Phi) is 33.5. The molecule has 384 valence electrons. The molecule has 0 aliphatic heterocycles. The molecular weight excluding hydrogens is 809 g/mol. The van der Waals surface area contributed by atoms with Crippen molar-refractivity contribution in [2.45, 2.75) is 247 Å². The minimum atomic E-state index is -0.0998. The van der Waals surface area contributed by atoms with Crippen molar-refractivity contribution in [3.05, 3.63) is 70.8 Å². The molecule has 6 rings (SSSR count). The maximum Gasteiger partial charge on any atom is 0.308 e. The molecule has 4 heteroatoms. The Morgan fingerprint density at radius 3 is 1.02 bits per heavy atom. The monoisotopic (exact) mass is 921 g/mol. The van der Waals surface area contributed by atoms with Crippen LogP contribution in [0.25, 0.3) is 0 Å². The summed E-state index contributed by atoms with van der Waals surface area (Å²) in [4.78, 5) is 23.3. The minimum Gasteiger partial charge on any atom is -0.465 e. The van der Waals surface area contributed by atoms with E-state index in [9.17, 15) is 9.59 Å². The smallest absolute Gasteiger partial charge is 0.308 e. The summed E-state index contributed by atoms with van der Waals surface area (Å²) in [6, 6.07) is 17.7. The molecule has 4 nitrogen and oxygen atoms in total. The first-order chi connectivity index (χ1) is 29.5. The number of esters is 2. The number of rotatable bonds is 12. The second kappa shape index (κ2) is 33.8. The molecule has 4 aliphatic carbocycles. The van der Waals surface area contributed by atoms with Gasteiger partial charge in [-0.05, 0) is 130 Å². The molecule has 4 fully saturated rings. The van der Waals surface area contributed by atoms with Crippen LogP contribution < -0.4 is 0 Å². The first-order valence-electron chi connectivity index (χ1n) is 26.0. The Hall–Kier alpha value is -2.62. The van der Waals surface area contributed by atoms with Crippen molar-refractivity contribution in [1.29, 1.82) is 0 Å². The Balaban J connectivity index is 0. The van der Waals surface area contributed by atoms with Gasteiger partial charge in [-0.2, -0.15) is 0 Å². The standard InChI is InChI=1S/C17H32.C17H20.C14H24O4.C10H20.4CH4/c2*1-13-5-9-15(10-6-13)17(3,4)16-11-7-14(2)8-12-16;1-3-9-17-13(15)11-5-7-12(8-6-11)14(16)18-10-4-2;1-3-9-5-7-10(4-2)8-6-9;;;;/h13-16H,5-12H2,1-4H3;5-12H,1-4H3;11-12H,3-10H2,1-2H3;9-10H,3-8H2,1-2H3;4*1H4. The zero-order valence-electron chi connectivity index (χ0n) is 42.4. The van der Waals surface area contributed by atoms with E-state index in [2.05, 4.69) is 118 Å². The molecule has 0 unspecified atom stereocenters. The van der Waals surface area contributed by atoms with Crippen molar-refractivity contribution < 1.29 is 19.1 Å². The summed E-state index contributed by atoms with van der Waals surface area (Å²) in [5.74, 6) is 5.91. The van der Waals surface area contributed by atoms with Gasteiger partial charge in [-0.15, -0.1) is 0 Å². The first kappa shape index (κ1) is 65.5. The number of hydrogen-bond acceptors (Lipinski definition) is 4. The third-order valence-corrected chi connectivity index (χ3v) is 16.1. The number of hydrogen-bond donors (Lipinski definition) is 0. The van der Waals surface area contributed by atoms with Gasteiger partial charge in [0.2, 0.25) is 0 Å². The molecule has 0 spiro atoms. The molecule has 0 saturated heterocycles. The van der Waals surface area contributed by atoms with Gasteiger partial charge in [0, 0.05) is 5.41 Å². The number of aryl methyl sites for hydroxylation is 2. The fraction of sp³-hybridized carbons (Fsp3) is 0.774. The second-order valence-electron chi connectivity index (χ2n) is 21.7. The van der Waals surface area contributed by atoms with Crippen LogP contribution in [-0.4, -0.2) is 25.2 Å². The minimum absolute atomic E-state index is 0. The number of carbonyl (C=O) groups is 2. The van der Waals surface area contributed by atoms with E-state index >= 15 is 0 Å². The van der Waals surface area contributed by atoms with E-state index in [1.165, 1.54) is 112 Å². The van der Waals surface area contributed by atoms with Gasteiger partial charge >= 0.3 is 11.9 Å². The molecule has 0 aromatic heterocycles. The quantitative estimate of drug-likeness (QED) is 0.199. The van der Waals surface area contributed by atoms with Gasteiger partial charge in [0.15, 0.2) is 0 Å². The van der Waals surface area contributed by atoms with Crippen molar-refractivity contribution in [2.75, 3.05) is 13.2 Å². The lowest BCUT2D eigenvalue weighted by molar-refractivity contribution is -0.155. The SMILES string of the molecule is C.C.C.C.CC1CCC(C(C)(C)C2CCC(C)CC2)CC1.CCC1CCC(CC)CC1.CCCOC(=O)C1CCC(C(=O)OCCC)CC1.Cc1ccc(C(C)(C)c2ccc(C)cc2)cc1. The van der Waals surface area contributed by atoms with Crippen LogP contribution in [0.2, 0.25) is 0 Å². The molecule has 0 N–H and O–H groups in total. The largest absolute Gasteiger partial charge is 0.465 e. The van der Waals surface area contributed by atoms with Crippen LogP contribution >= 0.6 is 0 Å². The fourth-order valence-corrected chi connectivity index (χ4v) is 10.7. The molecule has 66 heavy (non-hydrogen) atoms. The predicted octanol–water partition coefficient (Wildman–Crippen LogP) is 19.2. The third kappa shape index (κ3) is 21.8. The summed E-state index contributed by atoms with van der Waals surface area (Å²) in [5.41, 5.74) is 6.04. The van der Waals surface area contributed by atoms with Gasteiger partial charge in [-0.25, -0.2) is 0 Å². The Morgan fingerprint density at radius 2 is 0.758 bits per heavy atom. The highest BCUT2D eigenvalue weighted by molar-refractivity contribution is 5.75. The summed E-state index contributed by atoms with van der Waals surface area (Å²) in [5, 5.41) is 0. The van der Waals surface area contributed by atoms with Gasteiger partial charge in [0.1, 0.15) is 0 Å². The number of ether oxygens (including phenoxy) is 2. The van der Waals surface area contributed by atoms with Gasteiger partial charge in [-0.1, -0.05) is 223 Å². The lowest BCUT2D eigenvalue weighted by atomic mass is 9.59. The topological polar surface area (TPSA) is 52.6 Å². The molecular formula is C62H112O4. The Bertz CT molecular complexity index is 1380. The first-order valence-corrected chi connectivity index (χ1v) is 26.0. The van der Waals surface area contributed by atoms with Crippen LogP contribution in [0.15, 0.2) is 48.5 Å². The maximum absolute atomic E-state index is 11.7. The molecule has 4 aliphatic rings. The maximum atomic E-state index is 11.7. The Labute approximate surface area is 412 Å². The molecule has 4 saturated carbocycles. The summed E-state index contributed by atoms with van der Waals surface area (Å²) >= 11 is 0. The van der Waals surface area contributed by atoms with E-state index in [-0.39, 0.29) is 58.9 Å². The van der Waals surface area contributed by atoms with Crippen molar-refractivity contribution in [3.8, 4) is 0 Å². The van der Waals surface area contributed by atoms with Gasteiger partial charge < -0.3 is 9.47 Å². The van der Waals surface area contributed by atoms with E-state index < -0.39 is 0 Å². The normalized spacial score (nSPS) is 24.9. The van der Waals surface area contributed by atoms with Crippen LogP contribution in [0.5, 0.6) is 0 Å². The van der Waals surface area contributed by atoms with Crippen LogP contribution in [0.1, 0.15) is 250 Å². The average Bonchev–Trinajstić information content (AvgIpc) is 3.28. The van der Waals surface area contributed by atoms with E-state index in [4.69, 9.17) is 9.47 Å². The van der Waals surface area contributed by atoms with Gasteiger partial charge in [-0.3, -0.25) is 9.59 Å². The average molecular weight is 922 g/mol. The van der Waals surface area contributed by atoms with Crippen LogP contribution in [0, 0.1) is 66.6 Å². The molecule has 0 bridgehead atoms. The lowest BCUT2D eigenvalue weighted by Crippen LogP contribution is -2.36. The lowest BCUT2D eigenvalue weighted by Gasteiger charge is -2.46. The summed E-state index contributed by atoms with van der Waals surface area (Å²) in [6.07, 6.45) is 25.5. The summed E-state index contributed by atoms with van der Waals surface area (Å²) < 4.78 is 10.3. The van der Waals surface area contributed by atoms with Crippen molar-refractivity contribution in [2.24, 2.45) is 52.8 Å². The predicted molar refractivity (Wildman–Crippen MR) is 291 cm³/mol. The third-order valence-electron chi connectivity index (χ3n) is 16.1. The summed E-state index contributed by atoms with van der Waals surface area (Å²) in [6.45, 7) is 28.5. The van der Waals surface area contributed by atoms with Crippen molar-refractivity contribution in [3.63, 3.8) is 0 Å². The van der Waals surface area contributed by atoms with Crippen molar-refractivity contribution in [1.82, 2.24) is 0 Å². The molecule has 0 atom stereocenters. The van der Waals surface area contributed by atoms with Gasteiger partial charge in [0.05, 0.1) is 25.0 Å². The number of carbonyl (C=O) groups excluding carboxylic acids is 2. The zero-order valence-corrected chi connectivity index (χ0v) is 42.4. The second-order valence-corrected chi connectivity index (χ2v) is 21.7. The highest BCUT2D eigenvalue weighted by atomic mass is 16.5. The molecule has 2 aromatic carbocycles. The molecule has 0 radical (unpaired) electrons. The van der Waals surface area contributed by atoms with Crippen LogP contribution in [0.4, 0.5) is 0 Å². The zero-order chi connectivity index (χ0) is 45.7. The van der Waals surface area contributed by atoms with E-state index in [1.807, 2.05) is 13.8 Å². The highest BCUT2D eigenvalue weighted by Gasteiger charge is 2.39. The molecule has 0 amide bonds. The van der Waals surface area contributed by atoms with E-state index in [1.54, 1.807) is 0 Å². The van der Waals surface area contributed by atoms with Crippen LogP contribution in [-0.2, 0) is 24.5 Å².